The summed E-state index contributed by atoms with van der Waals surface area (Å²) in [4.78, 5) is 2.26. The molecular formula is C19H22N2. The number of nitrogens with zero attached hydrogens (tertiary/aromatic N) is 1. The number of nitrogens with two attached hydrogens (primary N) is 1. The van der Waals surface area contributed by atoms with Crippen molar-refractivity contribution >= 4 is 5.69 Å². The highest BCUT2D eigenvalue weighted by molar-refractivity contribution is 5.51. The van der Waals surface area contributed by atoms with Crippen molar-refractivity contribution in [3.8, 4) is 11.8 Å². The van der Waals surface area contributed by atoms with E-state index in [9.17, 15) is 0 Å². The summed E-state index contributed by atoms with van der Waals surface area (Å²) in [6, 6.07) is 15.0. The highest BCUT2D eigenvalue weighted by Crippen LogP contribution is 2.19. The average molecular weight is 278 g/mol. The zero-order valence-electron chi connectivity index (χ0n) is 13.0. The minimum Gasteiger partial charge on any atom is -0.370 e. The highest BCUT2D eigenvalue weighted by atomic mass is 15.1. The van der Waals surface area contributed by atoms with Gasteiger partial charge in [0.15, 0.2) is 0 Å². The number of aryl methyl sites for hydroxylation is 2. The van der Waals surface area contributed by atoms with Crippen molar-refractivity contribution in [1.29, 1.82) is 0 Å². The van der Waals surface area contributed by atoms with E-state index in [2.05, 4.69) is 68.0 Å². The predicted octanol–water partition coefficient (Wildman–Crippen LogP) is 3.25. The maximum atomic E-state index is 5.38. The van der Waals surface area contributed by atoms with Crippen LogP contribution in [0, 0.1) is 25.7 Å². The average Bonchev–Trinajstić information content (AvgIpc) is 2.45. The Bertz CT molecular complexity index is 640. The van der Waals surface area contributed by atoms with Gasteiger partial charge in [-0.15, -0.1) is 0 Å². The molecule has 2 N–H and O–H groups in total. The minimum atomic E-state index is 0.400. The van der Waals surface area contributed by atoms with E-state index < -0.39 is 0 Å². The van der Waals surface area contributed by atoms with Crippen molar-refractivity contribution in [2.75, 3.05) is 18.5 Å². The largest absolute Gasteiger partial charge is 0.370 e. The molecular weight excluding hydrogens is 256 g/mol. The van der Waals surface area contributed by atoms with Crippen LogP contribution in [0.3, 0.4) is 0 Å². The van der Waals surface area contributed by atoms with Crippen LogP contribution in [0.25, 0.3) is 0 Å². The molecule has 0 aliphatic heterocycles. The van der Waals surface area contributed by atoms with Crippen LogP contribution in [0.5, 0.6) is 0 Å². The Morgan fingerprint density at radius 3 is 2.19 bits per heavy atom. The van der Waals surface area contributed by atoms with Crippen LogP contribution in [-0.4, -0.2) is 13.6 Å². The lowest BCUT2D eigenvalue weighted by atomic mass is 10.1. The maximum absolute atomic E-state index is 5.38. The van der Waals surface area contributed by atoms with Gasteiger partial charge in [0.1, 0.15) is 0 Å². The van der Waals surface area contributed by atoms with E-state index in [4.69, 9.17) is 5.73 Å². The monoisotopic (exact) mass is 278 g/mol. The smallest absolute Gasteiger partial charge is 0.0555 e. The normalized spacial score (nSPS) is 9.90. The van der Waals surface area contributed by atoms with E-state index in [1.165, 1.54) is 22.4 Å². The zero-order chi connectivity index (χ0) is 15.2. The van der Waals surface area contributed by atoms with Gasteiger partial charge in [-0.05, 0) is 54.8 Å². The van der Waals surface area contributed by atoms with Crippen LogP contribution < -0.4 is 10.6 Å². The second kappa shape index (κ2) is 6.97. The predicted molar refractivity (Wildman–Crippen MR) is 90.4 cm³/mol. The van der Waals surface area contributed by atoms with Gasteiger partial charge >= 0.3 is 0 Å². The summed E-state index contributed by atoms with van der Waals surface area (Å²) in [5.41, 5.74) is 11.5. The third-order valence-electron chi connectivity index (χ3n) is 3.36. The molecule has 0 atom stereocenters. The SMILES string of the molecule is Cc1cc(C)cc(N(C)Cc2ccc(C#CCN)cc2)c1. The van der Waals surface area contributed by atoms with Crippen LogP contribution in [0.2, 0.25) is 0 Å². The van der Waals surface area contributed by atoms with Crippen molar-refractivity contribution in [2.45, 2.75) is 20.4 Å². The summed E-state index contributed by atoms with van der Waals surface area (Å²) < 4.78 is 0. The maximum Gasteiger partial charge on any atom is 0.0555 e. The molecule has 0 amide bonds. The van der Waals surface area contributed by atoms with Crippen molar-refractivity contribution in [3.05, 3.63) is 64.7 Å². The number of anilines is 1. The topological polar surface area (TPSA) is 29.3 Å². The van der Waals surface area contributed by atoms with Gasteiger partial charge in [0.05, 0.1) is 6.54 Å². The molecule has 0 aliphatic rings. The van der Waals surface area contributed by atoms with Gasteiger partial charge in [-0.2, -0.15) is 0 Å². The second-order valence-electron chi connectivity index (χ2n) is 5.40. The molecule has 2 heteroatoms. The summed E-state index contributed by atoms with van der Waals surface area (Å²) >= 11 is 0. The number of hydrogen-bond acceptors (Lipinski definition) is 2. The first-order valence-electron chi connectivity index (χ1n) is 7.16. The van der Waals surface area contributed by atoms with Crippen LogP contribution in [0.4, 0.5) is 5.69 Å². The Hall–Kier alpha value is -2.24. The molecule has 0 aliphatic carbocycles. The summed E-state index contributed by atoms with van der Waals surface area (Å²) in [5, 5.41) is 0. The van der Waals surface area contributed by atoms with Crippen LogP contribution >= 0.6 is 0 Å². The first kappa shape index (κ1) is 15.2. The van der Waals surface area contributed by atoms with Crippen molar-refractivity contribution < 1.29 is 0 Å². The van der Waals surface area contributed by atoms with Crippen LogP contribution in [0.1, 0.15) is 22.3 Å². The van der Waals surface area contributed by atoms with E-state index in [1.54, 1.807) is 0 Å². The quantitative estimate of drug-likeness (QED) is 0.873. The van der Waals surface area contributed by atoms with Crippen molar-refractivity contribution in [3.63, 3.8) is 0 Å². The highest BCUT2D eigenvalue weighted by Gasteiger charge is 2.03. The molecule has 2 rings (SSSR count). The number of rotatable bonds is 3. The minimum absolute atomic E-state index is 0.400. The summed E-state index contributed by atoms with van der Waals surface area (Å²) in [5.74, 6) is 5.91. The molecule has 21 heavy (non-hydrogen) atoms. The molecule has 0 unspecified atom stereocenters. The lowest BCUT2D eigenvalue weighted by Gasteiger charge is -2.20. The summed E-state index contributed by atoms with van der Waals surface area (Å²) in [6.45, 7) is 5.55. The number of hydrogen-bond donors (Lipinski definition) is 1. The molecule has 2 aromatic rings. The molecule has 0 bridgehead atoms. The van der Waals surface area contributed by atoms with Crippen LogP contribution in [0.15, 0.2) is 42.5 Å². The fraction of sp³-hybridized carbons (Fsp3) is 0.263. The van der Waals surface area contributed by atoms with E-state index in [-0.39, 0.29) is 0 Å². The molecule has 0 radical (unpaired) electrons. The fourth-order valence-corrected chi connectivity index (χ4v) is 2.38. The Labute approximate surface area is 127 Å². The van der Waals surface area contributed by atoms with E-state index >= 15 is 0 Å². The molecule has 0 saturated carbocycles. The standard InChI is InChI=1S/C19H22N2/c1-15-11-16(2)13-19(12-15)21(3)14-18-8-6-17(7-9-18)5-4-10-20/h6-9,11-13H,10,14,20H2,1-3H3. The third-order valence-corrected chi connectivity index (χ3v) is 3.36. The molecule has 0 aromatic heterocycles. The molecule has 2 aromatic carbocycles. The lowest BCUT2D eigenvalue weighted by Crippen LogP contribution is -2.16. The van der Waals surface area contributed by atoms with Gasteiger partial charge in [-0.1, -0.05) is 30.0 Å². The first-order chi connectivity index (χ1) is 10.1. The molecule has 2 nitrogen and oxygen atoms in total. The molecule has 0 heterocycles. The van der Waals surface area contributed by atoms with Gasteiger partial charge in [0.25, 0.3) is 0 Å². The molecule has 108 valence electrons. The lowest BCUT2D eigenvalue weighted by molar-refractivity contribution is 0.920. The van der Waals surface area contributed by atoms with E-state index in [0.717, 1.165) is 12.1 Å². The zero-order valence-corrected chi connectivity index (χ0v) is 13.0. The van der Waals surface area contributed by atoms with Crippen molar-refractivity contribution in [1.82, 2.24) is 0 Å². The van der Waals surface area contributed by atoms with Gasteiger partial charge in [0.2, 0.25) is 0 Å². The Kier molecular flexibility index (Phi) is 5.03. The Morgan fingerprint density at radius 2 is 1.62 bits per heavy atom. The fourth-order valence-electron chi connectivity index (χ4n) is 2.38. The van der Waals surface area contributed by atoms with Crippen molar-refractivity contribution in [2.24, 2.45) is 5.73 Å². The van der Waals surface area contributed by atoms with E-state index in [0.29, 0.717) is 6.54 Å². The van der Waals surface area contributed by atoms with Gasteiger partial charge in [-0.3, -0.25) is 0 Å². The van der Waals surface area contributed by atoms with Gasteiger partial charge in [0, 0.05) is 24.8 Å². The molecule has 0 fully saturated rings. The summed E-state index contributed by atoms with van der Waals surface area (Å²) in [6.07, 6.45) is 0. The Morgan fingerprint density at radius 1 is 1.00 bits per heavy atom. The number of benzene rings is 2. The molecule has 0 spiro atoms. The van der Waals surface area contributed by atoms with Gasteiger partial charge < -0.3 is 10.6 Å². The first-order valence-corrected chi connectivity index (χ1v) is 7.16. The molecule has 0 saturated heterocycles. The second-order valence-corrected chi connectivity index (χ2v) is 5.40. The third kappa shape index (κ3) is 4.37. The van der Waals surface area contributed by atoms with Gasteiger partial charge in [-0.25, -0.2) is 0 Å². The van der Waals surface area contributed by atoms with E-state index in [1.807, 2.05) is 12.1 Å². The summed E-state index contributed by atoms with van der Waals surface area (Å²) in [7, 11) is 2.12. The van der Waals surface area contributed by atoms with Crippen LogP contribution in [-0.2, 0) is 6.54 Å². The Balaban J connectivity index is 2.10.